The van der Waals surface area contributed by atoms with Gasteiger partial charge in [-0.15, -0.1) is 0 Å². The van der Waals surface area contributed by atoms with Crippen LogP contribution in [0, 0.1) is 13.8 Å². The van der Waals surface area contributed by atoms with Crippen LogP contribution in [-0.4, -0.2) is 12.0 Å². The molecule has 0 fully saturated rings. The maximum absolute atomic E-state index is 12.4. The van der Waals surface area contributed by atoms with Gasteiger partial charge < -0.3 is 10.1 Å². The Hall–Kier alpha value is -2.00. The summed E-state index contributed by atoms with van der Waals surface area (Å²) in [6, 6.07) is 13.0. The van der Waals surface area contributed by atoms with Gasteiger partial charge in [-0.2, -0.15) is 0 Å². The molecule has 0 aliphatic heterocycles. The van der Waals surface area contributed by atoms with Gasteiger partial charge >= 0.3 is 0 Å². The molecule has 0 aromatic heterocycles. The maximum Gasteiger partial charge on any atom is 0.265 e. The number of anilines is 1. The number of rotatable bonds is 5. The molecule has 1 amide bonds. The van der Waals surface area contributed by atoms with Gasteiger partial charge in [0, 0.05) is 0 Å². The van der Waals surface area contributed by atoms with Gasteiger partial charge in [-0.25, -0.2) is 0 Å². The Balaban J connectivity index is 2.09. The summed E-state index contributed by atoms with van der Waals surface area (Å²) in [5.74, 6) is 0.498. The zero-order valence-electron chi connectivity index (χ0n) is 13.0. The minimum absolute atomic E-state index is 0.200. The average molecular weight is 318 g/mol. The molecule has 0 aliphatic carbocycles. The van der Waals surface area contributed by atoms with Crippen molar-refractivity contribution in [2.75, 3.05) is 5.32 Å². The van der Waals surface area contributed by atoms with E-state index >= 15 is 0 Å². The molecule has 116 valence electrons. The molecule has 0 saturated heterocycles. The first-order valence-corrected chi connectivity index (χ1v) is 7.68. The molecule has 3 nitrogen and oxygen atoms in total. The third-order valence-corrected chi connectivity index (χ3v) is 3.88. The molecule has 22 heavy (non-hydrogen) atoms. The third kappa shape index (κ3) is 4.01. The van der Waals surface area contributed by atoms with E-state index in [0.29, 0.717) is 22.9 Å². The highest BCUT2D eigenvalue weighted by Gasteiger charge is 2.19. The maximum atomic E-state index is 12.4. The predicted molar refractivity (Wildman–Crippen MR) is 90.7 cm³/mol. The van der Waals surface area contributed by atoms with Crippen molar-refractivity contribution in [2.45, 2.75) is 33.3 Å². The van der Waals surface area contributed by atoms with E-state index in [1.807, 2.05) is 51.1 Å². The monoisotopic (exact) mass is 317 g/mol. The second-order valence-electron chi connectivity index (χ2n) is 5.23. The van der Waals surface area contributed by atoms with E-state index in [9.17, 15) is 4.79 Å². The van der Waals surface area contributed by atoms with Crippen LogP contribution in [0.5, 0.6) is 5.75 Å². The van der Waals surface area contributed by atoms with Crippen LogP contribution in [0.15, 0.2) is 42.5 Å². The van der Waals surface area contributed by atoms with Crippen LogP contribution >= 0.6 is 11.6 Å². The number of ether oxygens (including phenoxy) is 1. The van der Waals surface area contributed by atoms with Crippen molar-refractivity contribution in [2.24, 2.45) is 0 Å². The molecule has 0 unspecified atom stereocenters. The molecule has 4 heteroatoms. The van der Waals surface area contributed by atoms with Gasteiger partial charge in [0.05, 0.1) is 10.7 Å². The molecular weight excluding hydrogens is 298 g/mol. The number of carbonyl (C=O) groups is 1. The molecule has 0 aliphatic rings. The lowest BCUT2D eigenvalue weighted by atomic mass is 10.1. The molecule has 0 spiro atoms. The zero-order chi connectivity index (χ0) is 16.1. The van der Waals surface area contributed by atoms with Gasteiger partial charge in [0.2, 0.25) is 0 Å². The van der Waals surface area contributed by atoms with Gasteiger partial charge in [-0.05, 0) is 55.7 Å². The SMILES string of the molecule is CC[C@@H](Oc1ccc(C)c(C)c1)C(=O)Nc1ccccc1Cl. The van der Waals surface area contributed by atoms with Crippen LogP contribution in [0.2, 0.25) is 5.02 Å². The van der Waals surface area contributed by atoms with Crippen LogP contribution in [0.1, 0.15) is 24.5 Å². The van der Waals surface area contributed by atoms with Crippen molar-refractivity contribution < 1.29 is 9.53 Å². The number of hydrogen-bond acceptors (Lipinski definition) is 2. The minimum Gasteiger partial charge on any atom is -0.481 e. The van der Waals surface area contributed by atoms with Crippen molar-refractivity contribution in [1.29, 1.82) is 0 Å². The molecule has 2 aromatic carbocycles. The molecule has 0 radical (unpaired) electrons. The largest absolute Gasteiger partial charge is 0.481 e. The summed E-state index contributed by atoms with van der Waals surface area (Å²) >= 11 is 6.06. The number of hydrogen-bond donors (Lipinski definition) is 1. The Morgan fingerprint density at radius 3 is 2.55 bits per heavy atom. The Morgan fingerprint density at radius 1 is 1.18 bits per heavy atom. The highest BCUT2D eigenvalue weighted by molar-refractivity contribution is 6.33. The smallest absolute Gasteiger partial charge is 0.265 e. The highest BCUT2D eigenvalue weighted by atomic mass is 35.5. The number of benzene rings is 2. The third-order valence-electron chi connectivity index (χ3n) is 3.55. The lowest BCUT2D eigenvalue weighted by molar-refractivity contribution is -0.122. The van der Waals surface area contributed by atoms with Crippen molar-refractivity contribution in [3.63, 3.8) is 0 Å². The number of carbonyl (C=O) groups excluding carboxylic acids is 1. The van der Waals surface area contributed by atoms with E-state index in [4.69, 9.17) is 16.3 Å². The van der Waals surface area contributed by atoms with E-state index < -0.39 is 6.10 Å². The summed E-state index contributed by atoms with van der Waals surface area (Å²) in [6.45, 7) is 5.98. The summed E-state index contributed by atoms with van der Waals surface area (Å²) in [6.07, 6.45) is 0.0156. The summed E-state index contributed by atoms with van der Waals surface area (Å²) in [4.78, 5) is 12.4. The average Bonchev–Trinajstić information content (AvgIpc) is 2.50. The first-order chi connectivity index (χ1) is 10.5. The number of para-hydroxylation sites is 1. The molecule has 1 N–H and O–H groups in total. The fraction of sp³-hybridized carbons (Fsp3) is 0.278. The lowest BCUT2D eigenvalue weighted by Gasteiger charge is -2.18. The molecular formula is C18H20ClNO2. The van der Waals surface area contributed by atoms with Gasteiger partial charge in [0.25, 0.3) is 5.91 Å². The fourth-order valence-corrected chi connectivity index (χ4v) is 2.23. The highest BCUT2D eigenvalue weighted by Crippen LogP contribution is 2.22. The van der Waals surface area contributed by atoms with E-state index in [-0.39, 0.29) is 5.91 Å². The summed E-state index contributed by atoms with van der Waals surface area (Å²) in [7, 11) is 0. The van der Waals surface area contributed by atoms with Crippen molar-refractivity contribution >= 4 is 23.2 Å². The molecule has 2 rings (SSSR count). The standard InChI is InChI=1S/C18H20ClNO2/c1-4-17(22-14-10-9-12(2)13(3)11-14)18(21)20-16-8-6-5-7-15(16)19/h5-11,17H,4H2,1-3H3,(H,20,21)/t17-/m1/s1. The lowest BCUT2D eigenvalue weighted by Crippen LogP contribution is -2.32. The van der Waals surface area contributed by atoms with Gasteiger partial charge in [0.1, 0.15) is 5.75 Å². The number of amides is 1. The second-order valence-corrected chi connectivity index (χ2v) is 5.64. The summed E-state index contributed by atoms with van der Waals surface area (Å²) in [5.41, 5.74) is 2.93. The van der Waals surface area contributed by atoms with Crippen molar-refractivity contribution in [3.05, 3.63) is 58.6 Å². The summed E-state index contributed by atoms with van der Waals surface area (Å²) in [5, 5.41) is 3.32. The first-order valence-electron chi connectivity index (χ1n) is 7.30. The quantitative estimate of drug-likeness (QED) is 0.864. The van der Waals surface area contributed by atoms with Gasteiger partial charge in [-0.1, -0.05) is 36.7 Å². The first kappa shape index (κ1) is 16.4. The van der Waals surface area contributed by atoms with Crippen LogP contribution < -0.4 is 10.1 Å². The second kappa shape index (κ2) is 7.32. The van der Waals surface area contributed by atoms with Crippen molar-refractivity contribution in [1.82, 2.24) is 0 Å². The molecule has 0 bridgehead atoms. The Bertz CT molecular complexity index is 670. The van der Waals surface area contributed by atoms with Gasteiger partial charge in [-0.3, -0.25) is 4.79 Å². The minimum atomic E-state index is -0.557. The van der Waals surface area contributed by atoms with E-state index in [2.05, 4.69) is 5.32 Å². The number of aryl methyl sites for hydroxylation is 2. The molecule has 2 aromatic rings. The fourth-order valence-electron chi connectivity index (χ4n) is 2.05. The van der Waals surface area contributed by atoms with E-state index in [0.717, 1.165) is 5.56 Å². The van der Waals surface area contributed by atoms with Crippen LogP contribution in [0.3, 0.4) is 0 Å². The van der Waals surface area contributed by atoms with Crippen molar-refractivity contribution in [3.8, 4) is 5.75 Å². The number of nitrogens with one attached hydrogen (secondary N) is 1. The van der Waals surface area contributed by atoms with Gasteiger partial charge in [0.15, 0.2) is 6.10 Å². The summed E-state index contributed by atoms with van der Waals surface area (Å²) < 4.78 is 5.82. The topological polar surface area (TPSA) is 38.3 Å². The Kier molecular flexibility index (Phi) is 5.45. The molecule has 1 atom stereocenters. The Labute approximate surface area is 136 Å². The van der Waals surface area contributed by atoms with Crippen LogP contribution in [0.25, 0.3) is 0 Å². The van der Waals surface area contributed by atoms with E-state index in [1.165, 1.54) is 5.56 Å². The van der Waals surface area contributed by atoms with E-state index in [1.54, 1.807) is 12.1 Å². The predicted octanol–water partition coefficient (Wildman–Crippen LogP) is 4.75. The number of halogens is 1. The Morgan fingerprint density at radius 2 is 1.91 bits per heavy atom. The zero-order valence-corrected chi connectivity index (χ0v) is 13.8. The van der Waals surface area contributed by atoms with Crippen LogP contribution in [-0.2, 0) is 4.79 Å². The molecule has 0 saturated carbocycles. The normalized spacial score (nSPS) is 11.8. The molecule has 0 heterocycles. The van der Waals surface area contributed by atoms with Crippen LogP contribution in [0.4, 0.5) is 5.69 Å².